The van der Waals surface area contributed by atoms with Crippen LogP contribution < -0.4 is 10.6 Å². The van der Waals surface area contributed by atoms with Gasteiger partial charge in [-0.05, 0) is 61.3 Å². The SMILES string of the molecule is CNc1cccc([C@H](NC(C)=O)C(c2ccc(Cl)c(Cl)c2)N2CCCC2)c1. The molecule has 1 aliphatic rings. The minimum atomic E-state index is -0.189. The van der Waals surface area contributed by atoms with E-state index >= 15 is 0 Å². The summed E-state index contributed by atoms with van der Waals surface area (Å²) in [4.78, 5) is 14.5. The highest BCUT2D eigenvalue weighted by atomic mass is 35.5. The number of carbonyl (C=O) groups is 1. The zero-order chi connectivity index (χ0) is 19.4. The molecule has 1 amide bonds. The third kappa shape index (κ3) is 4.75. The smallest absolute Gasteiger partial charge is 0.217 e. The van der Waals surface area contributed by atoms with Crippen LogP contribution in [0.3, 0.4) is 0 Å². The maximum absolute atomic E-state index is 12.1. The zero-order valence-corrected chi connectivity index (χ0v) is 17.1. The van der Waals surface area contributed by atoms with Crippen LogP contribution in [0, 0.1) is 0 Å². The van der Waals surface area contributed by atoms with Crippen LogP contribution in [-0.4, -0.2) is 30.9 Å². The Balaban J connectivity index is 2.08. The molecule has 3 rings (SSSR count). The van der Waals surface area contributed by atoms with E-state index < -0.39 is 0 Å². The molecular formula is C21H25Cl2N3O. The van der Waals surface area contributed by atoms with Gasteiger partial charge in [0.25, 0.3) is 0 Å². The molecule has 6 heteroatoms. The van der Waals surface area contributed by atoms with Gasteiger partial charge in [0, 0.05) is 19.7 Å². The minimum absolute atomic E-state index is 0.0155. The molecule has 2 atom stereocenters. The number of rotatable bonds is 6. The standard InChI is InChI=1S/C21H25Cl2N3O/c1-14(27)25-20(15-6-5-7-17(12-15)24-2)21(26-10-3-4-11-26)16-8-9-18(22)19(23)13-16/h5-9,12-13,20-21,24H,3-4,10-11H2,1-2H3,(H,25,27)/t20-,21?/m0/s1. The number of nitrogens with one attached hydrogen (secondary N) is 2. The molecule has 0 aliphatic carbocycles. The second kappa shape index (κ2) is 8.96. The van der Waals surface area contributed by atoms with E-state index in [-0.39, 0.29) is 18.0 Å². The molecule has 27 heavy (non-hydrogen) atoms. The third-order valence-electron chi connectivity index (χ3n) is 5.03. The highest BCUT2D eigenvalue weighted by Crippen LogP contribution is 2.39. The van der Waals surface area contributed by atoms with Crippen molar-refractivity contribution in [2.75, 3.05) is 25.5 Å². The Labute approximate surface area is 170 Å². The number of nitrogens with zero attached hydrogens (tertiary/aromatic N) is 1. The van der Waals surface area contributed by atoms with Crippen LogP contribution in [0.5, 0.6) is 0 Å². The van der Waals surface area contributed by atoms with Gasteiger partial charge in [-0.3, -0.25) is 9.69 Å². The van der Waals surface area contributed by atoms with Gasteiger partial charge in [-0.25, -0.2) is 0 Å². The largest absolute Gasteiger partial charge is 0.388 e. The Bertz CT molecular complexity index is 806. The lowest BCUT2D eigenvalue weighted by Gasteiger charge is -2.36. The summed E-state index contributed by atoms with van der Waals surface area (Å²) in [6.45, 7) is 3.55. The van der Waals surface area contributed by atoms with Crippen molar-refractivity contribution in [2.45, 2.75) is 31.8 Å². The average molecular weight is 406 g/mol. The molecule has 2 aromatic rings. The lowest BCUT2D eigenvalue weighted by Crippen LogP contribution is -2.39. The summed E-state index contributed by atoms with van der Waals surface area (Å²) in [5.74, 6) is -0.0564. The number of halogens is 2. The van der Waals surface area contributed by atoms with Gasteiger partial charge >= 0.3 is 0 Å². The van der Waals surface area contributed by atoms with Crippen LogP contribution in [0.25, 0.3) is 0 Å². The molecule has 1 saturated heterocycles. The fourth-order valence-electron chi connectivity index (χ4n) is 3.78. The summed E-state index contributed by atoms with van der Waals surface area (Å²) < 4.78 is 0. The summed E-state index contributed by atoms with van der Waals surface area (Å²) in [6, 6.07) is 13.7. The van der Waals surface area contributed by atoms with E-state index in [0.717, 1.165) is 42.7 Å². The Hall–Kier alpha value is -1.75. The van der Waals surface area contributed by atoms with Gasteiger partial charge < -0.3 is 10.6 Å². The van der Waals surface area contributed by atoms with E-state index in [1.807, 2.05) is 37.4 Å². The van der Waals surface area contributed by atoms with Crippen molar-refractivity contribution in [2.24, 2.45) is 0 Å². The third-order valence-corrected chi connectivity index (χ3v) is 5.77. The van der Waals surface area contributed by atoms with E-state index in [0.29, 0.717) is 10.0 Å². The van der Waals surface area contributed by atoms with Crippen LogP contribution in [0.2, 0.25) is 10.0 Å². The Kier molecular flexibility index (Phi) is 6.64. The van der Waals surface area contributed by atoms with E-state index in [2.05, 4.69) is 27.7 Å². The summed E-state index contributed by atoms with van der Waals surface area (Å²) in [7, 11) is 1.89. The predicted octanol–water partition coefficient (Wildman–Crippen LogP) is 5.05. The molecule has 1 unspecified atom stereocenters. The van der Waals surface area contributed by atoms with Crippen LogP contribution >= 0.6 is 23.2 Å². The molecule has 0 saturated carbocycles. The second-order valence-corrected chi connectivity index (χ2v) is 7.73. The molecule has 0 spiro atoms. The Morgan fingerprint density at radius 1 is 1.04 bits per heavy atom. The van der Waals surface area contributed by atoms with Crippen molar-refractivity contribution in [3.8, 4) is 0 Å². The fraction of sp³-hybridized carbons (Fsp3) is 0.381. The number of likely N-dealkylation sites (tertiary alicyclic amines) is 1. The molecule has 0 bridgehead atoms. The first-order valence-corrected chi connectivity index (χ1v) is 9.99. The van der Waals surface area contributed by atoms with Gasteiger partial charge in [0.1, 0.15) is 0 Å². The van der Waals surface area contributed by atoms with Crippen molar-refractivity contribution in [1.82, 2.24) is 10.2 Å². The highest BCUT2D eigenvalue weighted by Gasteiger charge is 2.33. The van der Waals surface area contributed by atoms with Gasteiger partial charge in [-0.2, -0.15) is 0 Å². The summed E-state index contributed by atoms with van der Waals surface area (Å²) in [5, 5.41) is 7.42. The molecule has 2 N–H and O–H groups in total. The Morgan fingerprint density at radius 2 is 1.78 bits per heavy atom. The number of hydrogen-bond acceptors (Lipinski definition) is 3. The maximum Gasteiger partial charge on any atom is 0.217 e. The van der Waals surface area contributed by atoms with Gasteiger partial charge in [0.15, 0.2) is 0 Å². The second-order valence-electron chi connectivity index (χ2n) is 6.92. The molecule has 1 aliphatic heterocycles. The lowest BCUT2D eigenvalue weighted by atomic mass is 9.91. The van der Waals surface area contributed by atoms with Crippen molar-refractivity contribution in [3.05, 3.63) is 63.6 Å². The molecule has 0 aromatic heterocycles. The van der Waals surface area contributed by atoms with E-state index in [1.165, 1.54) is 0 Å². The molecule has 1 fully saturated rings. The summed E-state index contributed by atoms with van der Waals surface area (Å²) in [5.41, 5.74) is 3.12. The topological polar surface area (TPSA) is 44.4 Å². The van der Waals surface area contributed by atoms with Crippen molar-refractivity contribution in [3.63, 3.8) is 0 Å². The molecule has 0 radical (unpaired) electrons. The first-order chi connectivity index (χ1) is 13.0. The van der Waals surface area contributed by atoms with Gasteiger partial charge in [0.05, 0.1) is 22.1 Å². The van der Waals surface area contributed by atoms with Gasteiger partial charge in [-0.1, -0.05) is 41.4 Å². The van der Waals surface area contributed by atoms with Crippen LogP contribution in [0.4, 0.5) is 5.69 Å². The number of carbonyl (C=O) groups excluding carboxylic acids is 1. The molecule has 1 heterocycles. The zero-order valence-electron chi connectivity index (χ0n) is 15.6. The van der Waals surface area contributed by atoms with E-state index in [9.17, 15) is 4.79 Å². The number of amides is 1. The quantitative estimate of drug-likeness (QED) is 0.706. The summed E-state index contributed by atoms with van der Waals surface area (Å²) in [6.07, 6.45) is 2.31. The normalized spacial score (nSPS) is 16.7. The molecule has 4 nitrogen and oxygen atoms in total. The van der Waals surface area contributed by atoms with Crippen LogP contribution in [-0.2, 0) is 4.79 Å². The first-order valence-electron chi connectivity index (χ1n) is 9.23. The molecule has 144 valence electrons. The van der Waals surface area contributed by atoms with Crippen molar-refractivity contribution < 1.29 is 4.79 Å². The average Bonchev–Trinajstić information content (AvgIpc) is 3.18. The van der Waals surface area contributed by atoms with E-state index in [1.54, 1.807) is 6.92 Å². The van der Waals surface area contributed by atoms with Gasteiger partial charge in [0.2, 0.25) is 5.91 Å². The van der Waals surface area contributed by atoms with E-state index in [4.69, 9.17) is 23.2 Å². The van der Waals surface area contributed by atoms with Crippen molar-refractivity contribution in [1.29, 1.82) is 0 Å². The highest BCUT2D eigenvalue weighted by molar-refractivity contribution is 6.42. The molecule has 2 aromatic carbocycles. The van der Waals surface area contributed by atoms with Crippen LogP contribution in [0.1, 0.15) is 43.0 Å². The number of anilines is 1. The minimum Gasteiger partial charge on any atom is -0.388 e. The number of hydrogen-bond donors (Lipinski definition) is 2. The predicted molar refractivity (Wildman–Crippen MR) is 113 cm³/mol. The lowest BCUT2D eigenvalue weighted by molar-refractivity contribution is -0.120. The summed E-state index contributed by atoms with van der Waals surface area (Å²) >= 11 is 12.5. The molecular weight excluding hydrogens is 381 g/mol. The maximum atomic E-state index is 12.1. The Morgan fingerprint density at radius 3 is 2.41 bits per heavy atom. The van der Waals surface area contributed by atoms with Crippen molar-refractivity contribution >= 4 is 34.8 Å². The number of benzene rings is 2. The van der Waals surface area contributed by atoms with Gasteiger partial charge in [-0.15, -0.1) is 0 Å². The monoisotopic (exact) mass is 405 g/mol. The fourth-order valence-corrected chi connectivity index (χ4v) is 4.09. The van der Waals surface area contributed by atoms with Crippen LogP contribution in [0.15, 0.2) is 42.5 Å². The first kappa shape index (κ1) is 20.0.